The van der Waals surface area contributed by atoms with Gasteiger partial charge in [-0.3, -0.25) is 19.7 Å². The number of fused-ring (bicyclic) bond motifs is 1. The zero-order valence-electron chi connectivity index (χ0n) is 13.1. The third-order valence-corrected chi connectivity index (χ3v) is 4.31. The van der Waals surface area contributed by atoms with Gasteiger partial charge in [0.15, 0.2) is 0 Å². The van der Waals surface area contributed by atoms with Crippen molar-refractivity contribution in [1.29, 1.82) is 0 Å². The Morgan fingerprint density at radius 3 is 3.00 bits per heavy atom. The van der Waals surface area contributed by atoms with Crippen LogP contribution in [0.2, 0.25) is 0 Å². The Kier molecular flexibility index (Phi) is 4.15. The van der Waals surface area contributed by atoms with Gasteiger partial charge in [-0.2, -0.15) is 0 Å². The number of nitrogens with one attached hydrogen (secondary N) is 2. The number of benzene rings is 1. The quantitative estimate of drug-likeness (QED) is 0.633. The number of aromatic nitrogens is 2. The van der Waals surface area contributed by atoms with Crippen molar-refractivity contribution in [3.63, 3.8) is 0 Å². The van der Waals surface area contributed by atoms with Gasteiger partial charge in [-0.1, -0.05) is 0 Å². The molecule has 3 rings (SSSR count). The molecule has 1 amide bonds. The highest BCUT2D eigenvalue weighted by molar-refractivity contribution is 5.87. The fraction of sp³-hybridized carbons (Fsp3) is 0.400. The van der Waals surface area contributed by atoms with Gasteiger partial charge in [0.05, 0.1) is 28.1 Å². The number of anilines is 1. The highest BCUT2D eigenvalue weighted by atomic mass is 16.6. The lowest BCUT2D eigenvalue weighted by atomic mass is 9.96. The van der Waals surface area contributed by atoms with Crippen LogP contribution in [0.15, 0.2) is 23.3 Å². The molecule has 1 atom stereocenters. The summed E-state index contributed by atoms with van der Waals surface area (Å²) in [6, 6.07) is 2.80. The molecule has 2 heterocycles. The van der Waals surface area contributed by atoms with Gasteiger partial charge in [0.2, 0.25) is 5.91 Å². The summed E-state index contributed by atoms with van der Waals surface area (Å²) in [5.41, 5.74) is 0.204. The summed E-state index contributed by atoms with van der Waals surface area (Å²) >= 11 is 0. The third-order valence-electron chi connectivity index (χ3n) is 4.31. The van der Waals surface area contributed by atoms with Crippen molar-refractivity contribution >= 4 is 28.2 Å². The molecule has 9 nitrogen and oxygen atoms in total. The third kappa shape index (κ3) is 2.80. The van der Waals surface area contributed by atoms with E-state index in [0.717, 1.165) is 12.8 Å². The summed E-state index contributed by atoms with van der Waals surface area (Å²) in [6.07, 6.45) is 2.77. The first-order valence-corrected chi connectivity index (χ1v) is 7.63. The van der Waals surface area contributed by atoms with Crippen LogP contribution in [0.5, 0.6) is 0 Å². The smallest absolute Gasteiger partial charge is 0.293 e. The van der Waals surface area contributed by atoms with Crippen LogP contribution < -0.4 is 15.8 Å². The van der Waals surface area contributed by atoms with Crippen molar-refractivity contribution in [2.24, 2.45) is 5.92 Å². The van der Waals surface area contributed by atoms with Crippen LogP contribution in [0.25, 0.3) is 10.9 Å². The van der Waals surface area contributed by atoms with E-state index in [-0.39, 0.29) is 22.9 Å². The summed E-state index contributed by atoms with van der Waals surface area (Å²) in [5, 5.41) is 14.3. The van der Waals surface area contributed by atoms with Crippen molar-refractivity contribution in [2.45, 2.75) is 12.8 Å². The lowest BCUT2D eigenvalue weighted by Crippen LogP contribution is -2.42. The van der Waals surface area contributed by atoms with Crippen LogP contribution in [0.1, 0.15) is 12.8 Å². The number of hydrogen-bond acceptors (Lipinski definition) is 6. The van der Waals surface area contributed by atoms with Gasteiger partial charge in [-0.05, 0) is 18.9 Å². The SMILES string of the molecule is CNC(=O)C1CCCN(c2cc3nc[nH]c(=O)c3cc2[N+](=O)[O-])C1. The molecule has 0 spiro atoms. The predicted octanol–water partition coefficient (Wildman–Crippen LogP) is 0.794. The molecule has 1 fully saturated rings. The van der Waals surface area contributed by atoms with Crippen LogP contribution in [0.4, 0.5) is 11.4 Å². The maximum atomic E-state index is 11.9. The monoisotopic (exact) mass is 331 g/mol. The minimum atomic E-state index is -0.509. The first kappa shape index (κ1) is 15.9. The van der Waals surface area contributed by atoms with E-state index in [4.69, 9.17) is 0 Å². The Morgan fingerprint density at radius 2 is 2.29 bits per heavy atom. The summed E-state index contributed by atoms with van der Waals surface area (Å²) in [7, 11) is 1.58. The summed E-state index contributed by atoms with van der Waals surface area (Å²) in [5.74, 6) is -0.288. The van der Waals surface area contributed by atoms with E-state index in [2.05, 4.69) is 15.3 Å². The lowest BCUT2D eigenvalue weighted by molar-refractivity contribution is -0.384. The Morgan fingerprint density at radius 1 is 1.50 bits per heavy atom. The van der Waals surface area contributed by atoms with E-state index in [1.165, 1.54) is 12.4 Å². The molecule has 9 heteroatoms. The maximum absolute atomic E-state index is 11.9. The van der Waals surface area contributed by atoms with Crippen molar-refractivity contribution in [3.05, 3.63) is 38.9 Å². The van der Waals surface area contributed by atoms with Crippen LogP contribution in [-0.2, 0) is 4.79 Å². The van der Waals surface area contributed by atoms with Gasteiger partial charge in [0.1, 0.15) is 5.69 Å². The first-order valence-electron chi connectivity index (χ1n) is 7.63. The second kappa shape index (κ2) is 6.26. The Labute approximate surface area is 136 Å². The van der Waals surface area contributed by atoms with E-state index in [1.807, 2.05) is 4.90 Å². The van der Waals surface area contributed by atoms with E-state index < -0.39 is 10.5 Å². The molecule has 2 N–H and O–H groups in total. The minimum Gasteiger partial charge on any atom is -0.365 e. The highest BCUT2D eigenvalue weighted by Crippen LogP contribution is 2.34. The molecule has 1 unspecified atom stereocenters. The van der Waals surface area contributed by atoms with Crippen LogP contribution in [-0.4, -0.2) is 40.9 Å². The summed E-state index contributed by atoms with van der Waals surface area (Å²) in [6.45, 7) is 1.01. The van der Waals surface area contributed by atoms with Gasteiger partial charge in [0.25, 0.3) is 11.2 Å². The van der Waals surface area contributed by atoms with Crippen molar-refractivity contribution in [2.75, 3.05) is 25.0 Å². The fourth-order valence-electron chi connectivity index (χ4n) is 3.11. The molecule has 0 radical (unpaired) electrons. The Balaban J connectivity index is 2.07. The Bertz CT molecular complexity index is 863. The molecule has 1 aromatic heterocycles. The van der Waals surface area contributed by atoms with Crippen molar-refractivity contribution in [3.8, 4) is 0 Å². The number of nitro groups is 1. The number of rotatable bonds is 3. The number of amides is 1. The van der Waals surface area contributed by atoms with E-state index >= 15 is 0 Å². The number of carbonyl (C=O) groups is 1. The summed E-state index contributed by atoms with van der Waals surface area (Å²) in [4.78, 5) is 43.0. The van der Waals surface area contributed by atoms with Crippen molar-refractivity contribution in [1.82, 2.24) is 15.3 Å². The number of nitro benzene ring substituents is 1. The molecule has 0 bridgehead atoms. The van der Waals surface area contributed by atoms with E-state index in [9.17, 15) is 19.7 Å². The van der Waals surface area contributed by atoms with Gasteiger partial charge in [-0.15, -0.1) is 0 Å². The minimum absolute atomic E-state index is 0.0716. The Hall–Kier alpha value is -2.97. The molecule has 0 aliphatic carbocycles. The molecule has 24 heavy (non-hydrogen) atoms. The average Bonchev–Trinajstić information content (AvgIpc) is 2.60. The number of H-pyrrole nitrogens is 1. The number of hydrogen-bond donors (Lipinski definition) is 2. The number of aromatic amines is 1. The molecule has 1 aliphatic heterocycles. The molecular weight excluding hydrogens is 314 g/mol. The van der Waals surface area contributed by atoms with Crippen LogP contribution in [0.3, 0.4) is 0 Å². The molecule has 0 saturated carbocycles. The first-order chi connectivity index (χ1) is 11.5. The van der Waals surface area contributed by atoms with E-state index in [1.54, 1.807) is 13.1 Å². The van der Waals surface area contributed by atoms with Gasteiger partial charge in [-0.25, -0.2) is 4.98 Å². The number of carbonyl (C=O) groups excluding carboxylic acids is 1. The molecule has 1 saturated heterocycles. The van der Waals surface area contributed by atoms with Crippen LogP contribution in [0, 0.1) is 16.0 Å². The van der Waals surface area contributed by atoms with Crippen molar-refractivity contribution < 1.29 is 9.72 Å². The molecular formula is C15H17N5O4. The second-order valence-electron chi connectivity index (χ2n) is 5.75. The largest absolute Gasteiger partial charge is 0.365 e. The van der Waals surface area contributed by atoms with Crippen LogP contribution >= 0.6 is 0 Å². The normalized spacial score (nSPS) is 17.7. The van der Waals surface area contributed by atoms with Gasteiger partial charge >= 0.3 is 0 Å². The summed E-state index contributed by atoms with van der Waals surface area (Å²) < 4.78 is 0. The average molecular weight is 331 g/mol. The maximum Gasteiger partial charge on any atom is 0.293 e. The zero-order valence-corrected chi connectivity index (χ0v) is 13.1. The molecule has 2 aromatic rings. The topological polar surface area (TPSA) is 121 Å². The van der Waals surface area contributed by atoms with E-state index in [0.29, 0.717) is 24.3 Å². The molecule has 1 aromatic carbocycles. The van der Waals surface area contributed by atoms with Gasteiger partial charge < -0.3 is 15.2 Å². The lowest BCUT2D eigenvalue weighted by Gasteiger charge is -2.33. The second-order valence-corrected chi connectivity index (χ2v) is 5.75. The predicted molar refractivity (Wildman–Crippen MR) is 88.0 cm³/mol. The number of nitrogens with zero attached hydrogens (tertiary/aromatic N) is 3. The molecule has 1 aliphatic rings. The standard InChI is InChI=1S/C15H17N5O4/c1-16-14(21)9-3-2-4-19(7-9)12-6-11-10(5-13(12)20(23)24)15(22)18-8-17-11/h5-6,8-9H,2-4,7H2,1H3,(H,16,21)(H,17,18,22). The molecule has 126 valence electrons. The zero-order chi connectivity index (χ0) is 17.3. The highest BCUT2D eigenvalue weighted by Gasteiger charge is 2.29. The number of piperidine rings is 1. The fourth-order valence-corrected chi connectivity index (χ4v) is 3.11. The van der Waals surface area contributed by atoms with Gasteiger partial charge in [0, 0.05) is 26.2 Å².